The van der Waals surface area contributed by atoms with Gasteiger partial charge in [0.1, 0.15) is 5.82 Å². The lowest BCUT2D eigenvalue weighted by Crippen LogP contribution is -2.40. The molecule has 0 radical (unpaired) electrons. The van der Waals surface area contributed by atoms with Gasteiger partial charge in [0, 0.05) is 26.7 Å². The molecule has 1 aromatic rings. The fourth-order valence-electron chi connectivity index (χ4n) is 2.37. The third-order valence-corrected chi connectivity index (χ3v) is 5.97. The highest BCUT2D eigenvalue weighted by Crippen LogP contribution is 2.27. The van der Waals surface area contributed by atoms with Crippen molar-refractivity contribution in [1.29, 1.82) is 0 Å². The number of ether oxygens (including phenoxy) is 1. The van der Waals surface area contributed by atoms with Crippen LogP contribution in [-0.2, 0) is 21.3 Å². The molecule has 2 rings (SSSR count). The van der Waals surface area contributed by atoms with Crippen LogP contribution < -0.4 is 5.73 Å². The van der Waals surface area contributed by atoms with E-state index in [1.54, 1.807) is 7.11 Å². The number of halogens is 2. The lowest BCUT2D eigenvalue weighted by molar-refractivity contribution is 0.0604. The molecule has 0 spiro atoms. The van der Waals surface area contributed by atoms with Crippen LogP contribution in [0.25, 0.3) is 0 Å². The SMILES string of the molecule is COC1CCN(S(=O)(=O)c2cc(F)c(Cl)c(CN)c2)CC1. The van der Waals surface area contributed by atoms with E-state index in [1.165, 1.54) is 10.4 Å². The molecule has 1 fully saturated rings. The van der Waals surface area contributed by atoms with Crippen molar-refractivity contribution >= 4 is 21.6 Å². The van der Waals surface area contributed by atoms with Gasteiger partial charge in [0.2, 0.25) is 10.0 Å². The van der Waals surface area contributed by atoms with Gasteiger partial charge in [-0.25, -0.2) is 12.8 Å². The van der Waals surface area contributed by atoms with Gasteiger partial charge in [0.15, 0.2) is 0 Å². The van der Waals surface area contributed by atoms with Crippen LogP contribution in [0.3, 0.4) is 0 Å². The summed E-state index contributed by atoms with van der Waals surface area (Å²) in [5.41, 5.74) is 5.75. The van der Waals surface area contributed by atoms with Crippen LogP contribution in [0, 0.1) is 5.82 Å². The van der Waals surface area contributed by atoms with E-state index in [0.29, 0.717) is 25.9 Å². The third kappa shape index (κ3) is 3.37. The van der Waals surface area contributed by atoms with Gasteiger partial charge in [0.25, 0.3) is 0 Å². The van der Waals surface area contributed by atoms with Crippen LogP contribution >= 0.6 is 11.6 Å². The quantitative estimate of drug-likeness (QED) is 0.909. The van der Waals surface area contributed by atoms with Gasteiger partial charge in [-0.3, -0.25) is 0 Å². The average Bonchev–Trinajstić information content (AvgIpc) is 2.49. The second-order valence-electron chi connectivity index (χ2n) is 4.92. The maximum atomic E-state index is 13.8. The van der Waals surface area contributed by atoms with Gasteiger partial charge >= 0.3 is 0 Å². The van der Waals surface area contributed by atoms with E-state index < -0.39 is 15.8 Å². The molecule has 0 saturated carbocycles. The number of methoxy groups -OCH3 is 1. The van der Waals surface area contributed by atoms with Crippen LogP contribution in [-0.4, -0.2) is 39.0 Å². The molecule has 1 saturated heterocycles. The highest BCUT2D eigenvalue weighted by atomic mass is 35.5. The molecule has 0 unspecified atom stereocenters. The number of hydrogen-bond acceptors (Lipinski definition) is 4. The van der Waals surface area contributed by atoms with Crippen LogP contribution in [0.2, 0.25) is 5.02 Å². The Labute approximate surface area is 128 Å². The molecule has 0 aliphatic carbocycles. The van der Waals surface area contributed by atoms with Gasteiger partial charge in [0.05, 0.1) is 16.0 Å². The Bertz CT molecular complexity index is 616. The van der Waals surface area contributed by atoms with Crippen molar-refractivity contribution in [1.82, 2.24) is 4.31 Å². The third-order valence-electron chi connectivity index (χ3n) is 3.67. The molecule has 1 aliphatic rings. The lowest BCUT2D eigenvalue weighted by Gasteiger charge is -2.30. The van der Waals surface area contributed by atoms with Crippen molar-refractivity contribution in [2.45, 2.75) is 30.4 Å². The van der Waals surface area contributed by atoms with Crippen molar-refractivity contribution in [2.24, 2.45) is 5.73 Å². The van der Waals surface area contributed by atoms with Crippen molar-refractivity contribution in [2.75, 3.05) is 20.2 Å². The molecule has 1 aromatic carbocycles. The monoisotopic (exact) mass is 336 g/mol. The van der Waals surface area contributed by atoms with Gasteiger partial charge < -0.3 is 10.5 Å². The van der Waals surface area contributed by atoms with Crippen molar-refractivity contribution in [3.8, 4) is 0 Å². The number of sulfonamides is 1. The summed E-state index contributed by atoms with van der Waals surface area (Å²) >= 11 is 5.76. The predicted octanol–water partition coefficient (Wildman–Crippen LogP) is 1.74. The molecular formula is C13H18ClFN2O3S. The maximum Gasteiger partial charge on any atom is 0.243 e. The van der Waals surface area contributed by atoms with E-state index in [4.69, 9.17) is 22.1 Å². The number of nitrogens with zero attached hydrogens (tertiary/aromatic N) is 1. The topological polar surface area (TPSA) is 72.6 Å². The molecular weight excluding hydrogens is 319 g/mol. The summed E-state index contributed by atoms with van der Waals surface area (Å²) in [5, 5.41) is -0.130. The maximum absolute atomic E-state index is 13.8. The fraction of sp³-hybridized carbons (Fsp3) is 0.538. The van der Waals surface area contributed by atoms with Gasteiger partial charge in [-0.05, 0) is 30.5 Å². The number of benzene rings is 1. The Morgan fingerprint density at radius 3 is 2.57 bits per heavy atom. The summed E-state index contributed by atoms with van der Waals surface area (Å²) in [4.78, 5) is -0.110. The molecule has 0 bridgehead atoms. The zero-order valence-electron chi connectivity index (χ0n) is 11.7. The second-order valence-corrected chi connectivity index (χ2v) is 7.24. The van der Waals surface area contributed by atoms with E-state index in [1.807, 2.05) is 0 Å². The minimum atomic E-state index is -3.74. The van der Waals surface area contributed by atoms with E-state index in [2.05, 4.69) is 0 Å². The standard InChI is InChI=1S/C13H18ClFN2O3S/c1-20-10-2-4-17(5-3-10)21(18,19)11-6-9(8-16)13(14)12(15)7-11/h6-7,10H,2-5,8,16H2,1H3. The smallest absolute Gasteiger partial charge is 0.243 e. The number of hydrogen-bond donors (Lipinski definition) is 1. The van der Waals surface area contributed by atoms with Crippen molar-refractivity contribution in [3.05, 3.63) is 28.5 Å². The lowest BCUT2D eigenvalue weighted by atomic mass is 10.1. The Balaban J connectivity index is 2.30. The molecule has 8 heteroatoms. The largest absolute Gasteiger partial charge is 0.381 e. The number of piperidine rings is 1. The molecule has 0 aromatic heterocycles. The fourth-order valence-corrected chi connectivity index (χ4v) is 4.09. The van der Waals surface area contributed by atoms with E-state index in [-0.39, 0.29) is 28.1 Å². The molecule has 1 heterocycles. The van der Waals surface area contributed by atoms with E-state index >= 15 is 0 Å². The summed E-state index contributed by atoms with van der Waals surface area (Å²) in [6, 6.07) is 2.28. The Morgan fingerprint density at radius 1 is 1.43 bits per heavy atom. The van der Waals surface area contributed by atoms with E-state index in [9.17, 15) is 12.8 Å². The zero-order valence-corrected chi connectivity index (χ0v) is 13.3. The van der Waals surface area contributed by atoms with Crippen LogP contribution in [0.1, 0.15) is 18.4 Å². The van der Waals surface area contributed by atoms with Crippen LogP contribution in [0.15, 0.2) is 17.0 Å². The average molecular weight is 337 g/mol. The van der Waals surface area contributed by atoms with Crippen LogP contribution in [0.5, 0.6) is 0 Å². The molecule has 0 atom stereocenters. The van der Waals surface area contributed by atoms with Crippen LogP contribution in [0.4, 0.5) is 4.39 Å². The Kier molecular flexibility index (Phi) is 5.21. The number of rotatable bonds is 4. The predicted molar refractivity (Wildman–Crippen MR) is 78.1 cm³/mol. The minimum absolute atomic E-state index is 0.0230. The molecule has 5 nitrogen and oxygen atoms in total. The summed E-state index contributed by atoms with van der Waals surface area (Å²) in [6.45, 7) is 0.678. The first-order chi connectivity index (χ1) is 9.90. The highest BCUT2D eigenvalue weighted by molar-refractivity contribution is 7.89. The Morgan fingerprint density at radius 2 is 2.05 bits per heavy atom. The van der Waals surface area contributed by atoms with Crippen molar-refractivity contribution < 1.29 is 17.5 Å². The summed E-state index contributed by atoms with van der Waals surface area (Å²) in [5.74, 6) is -0.773. The van der Waals surface area contributed by atoms with Gasteiger partial charge in [-0.15, -0.1) is 0 Å². The van der Waals surface area contributed by atoms with Gasteiger partial charge in [-0.1, -0.05) is 11.6 Å². The first-order valence-electron chi connectivity index (χ1n) is 6.61. The first-order valence-corrected chi connectivity index (χ1v) is 8.43. The number of nitrogens with two attached hydrogens (primary N) is 1. The Hall–Kier alpha value is -0.730. The normalized spacial score (nSPS) is 18.1. The molecule has 1 aliphatic heterocycles. The highest BCUT2D eigenvalue weighted by Gasteiger charge is 2.30. The molecule has 2 N–H and O–H groups in total. The summed E-state index contributed by atoms with van der Waals surface area (Å²) in [7, 11) is -2.13. The summed E-state index contributed by atoms with van der Waals surface area (Å²) in [6.07, 6.45) is 1.31. The summed E-state index contributed by atoms with van der Waals surface area (Å²) < 4.78 is 45.4. The minimum Gasteiger partial charge on any atom is -0.381 e. The zero-order chi connectivity index (χ0) is 15.6. The van der Waals surface area contributed by atoms with Gasteiger partial charge in [-0.2, -0.15) is 4.31 Å². The van der Waals surface area contributed by atoms with Crippen molar-refractivity contribution in [3.63, 3.8) is 0 Å². The first kappa shape index (κ1) is 16.6. The van der Waals surface area contributed by atoms with E-state index in [0.717, 1.165) is 6.07 Å². The second kappa shape index (κ2) is 6.58. The molecule has 118 valence electrons. The molecule has 21 heavy (non-hydrogen) atoms. The molecule has 0 amide bonds.